The zero-order valence-electron chi connectivity index (χ0n) is 21.4. The van der Waals surface area contributed by atoms with E-state index < -0.39 is 23.8 Å². The zero-order valence-corrected chi connectivity index (χ0v) is 21.4. The first-order chi connectivity index (χ1) is 15.9. The Morgan fingerprint density at radius 2 is 1.82 bits per heavy atom. The van der Waals surface area contributed by atoms with Gasteiger partial charge in [-0.05, 0) is 58.4 Å². The second-order valence-corrected chi connectivity index (χ2v) is 10.4. The summed E-state index contributed by atoms with van der Waals surface area (Å²) in [7, 11) is 0. The molecule has 0 bridgehead atoms. The molecule has 0 heterocycles. The number of amides is 3. The molecule has 0 radical (unpaired) electrons. The third kappa shape index (κ3) is 8.22. The van der Waals surface area contributed by atoms with Gasteiger partial charge in [-0.3, -0.25) is 9.59 Å². The molecule has 2 unspecified atom stereocenters. The summed E-state index contributed by atoms with van der Waals surface area (Å²) < 4.78 is 5.39. The van der Waals surface area contributed by atoms with Gasteiger partial charge in [-0.15, -0.1) is 0 Å². The molecule has 1 aromatic carbocycles. The van der Waals surface area contributed by atoms with Crippen LogP contribution >= 0.6 is 0 Å². The molecule has 1 fully saturated rings. The number of unbranched alkanes of at least 4 members (excludes halogenated alkanes) is 1. The Morgan fingerprint density at radius 3 is 2.35 bits per heavy atom. The van der Waals surface area contributed by atoms with Crippen LogP contribution in [-0.2, 0) is 14.3 Å². The van der Waals surface area contributed by atoms with Crippen molar-refractivity contribution < 1.29 is 24.2 Å². The van der Waals surface area contributed by atoms with Crippen molar-refractivity contribution in [2.45, 2.75) is 97.4 Å². The van der Waals surface area contributed by atoms with E-state index in [1.807, 2.05) is 20.8 Å². The molecule has 190 valence electrons. The van der Waals surface area contributed by atoms with Crippen molar-refractivity contribution in [3.63, 3.8) is 0 Å². The summed E-state index contributed by atoms with van der Waals surface area (Å²) in [6.07, 6.45) is 2.98. The number of phenolic OH excluding ortho intramolecular Hbond substituents is 1. The highest BCUT2D eigenvalue weighted by atomic mass is 16.6. The Labute approximate surface area is 203 Å². The fourth-order valence-corrected chi connectivity index (χ4v) is 3.81. The number of benzene rings is 1. The van der Waals surface area contributed by atoms with E-state index in [9.17, 15) is 19.5 Å². The molecular weight excluding hydrogens is 434 g/mol. The molecule has 0 aliphatic heterocycles. The van der Waals surface area contributed by atoms with Crippen molar-refractivity contribution in [2.75, 3.05) is 6.54 Å². The fraction of sp³-hybridized carbons (Fsp3) is 0.654. The summed E-state index contributed by atoms with van der Waals surface area (Å²) in [6, 6.07) is 4.62. The number of para-hydroxylation sites is 1. The molecule has 34 heavy (non-hydrogen) atoms. The number of phenols is 1. The molecule has 3 N–H and O–H groups in total. The van der Waals surface area contributed by atoms with Gasteiger partial charge < -0.3 is 25.4 Å². The third-order valence-electron chi connectivity index (χ3n) is 5.48. The lowest BCUT2D eigenvalue weighted by Gasteiger charge is -2.35. The van der Waals surface area contributed by atoms with Crippen LogP contribution in [0.1, 0.15) is 85.3 Å². The smallest absolute Gasteiger partial charge is 0.408 e. The molecule has 8 heteroatoms. The number of carbonyl (C=O) groups is 3. The summed E-state index contributed by atoms with van der Waals surface area (Å²) in [5, 5.41) is 16.2. The van der Waals surface area contributed by atoms with Gasteiger partial charge in [0.2, 0.25) is 11.8 Å². The predicted octanol–water partition coefficient (Wildman–Crippen LogP) is 4.28. The van der Waals surface area contributed by atoms with Crippen LogP contribution in [0.3, 0.4) is 0 Å². The summed E-state index contributed by atoms with van der Waals surface area (Å²) in [5.41, 5.74) is -0.333. The maximum Gasteiger partial charge on any atom is 0.408 e. The van der Waals surface area contributed by atoms with Gasteiger partial charge in [-0.25, -0.2) is 4.79 Å². The van der Waals surface area contributed by atoms with E-state index in [4.69, 9.17) is 4.74 Å². The fourth-order valence-electron chi connectivity index (χ4n) is 3.81. The van der Waals surface area contributed by atoms with E-state index in [0.717, 1.165) is 25.7 Å². The van der Waals surface area contributed by atoms with E-state index in [1.165, 1.54) is 6.07 Å². The number of nitrogens with one attached hydrogen (secondary N) is 2. The van der Waals surface area contributed by atoms with E-state index in [0.29, 0.717) is 18.5 Å². The minimum atomic E-state index is -0.992. The summed E-state index contributed by atoms with van der Waals surface area (Å²) in [6.45, 7) is 11.7. The van der Waals surface area contributed by atoms with E-state index in [1.54, 1.807) is 43.9 Å². The van der Waals surface area contributed by atoms with Crippen LogP contribution < -0.4 is 10.6 Å². The van der Waals surface area contributed by atoms with Crippen LogP contribution in [0.2, 0.25) is 0 Å². The van der Waals surface area contributed by atoms with E-state index >= 15 is 0 Å². The van der Waals surface area contributed by atoms with Gasteiger partial charge in [0.25, 0.3) is 0 Å². The molecule has 1 aromatic rings. The number of hydrogen-bond donors (Lipinski definition) is 3. The first-order valence-electron chi connectivity index (χ1n) is 12.3. The Bertz CT molecular complexity index is 845. The first kappa shape index (κ1) is 27.5. The van der Waals surface area contributed by atoms with Crippen molar-refractivity contribution in [1.29, 1.82) is 0 Å². The molecule has 0 spiro atoms. The average molecular weight is 476 g/mol. The first-order valence-corrected chi connectivity index (χ1v) is 12.3. The largest absolute Gasteiger partial charge is 0.508 e. The Hall–Kier alpha value is -2.77. The molecule has 3 amide bonds. The highest BCUT2D eigenvalue weighted by molar-refractivity contribution is 5.93. The number of carbonyl (C=O) groups excluding carboxylic acids is 3. The number of ether oxygens (including phenoxy) is 1. The van der Waals surface area contributed by atoms with E-state index in [2.05, 4.69) is 10.6 Å². The molecule has 0 aromatic heterocycles. The molecule has 1 aliphatic carbocycles. The predicted molar refractivity (Wildman–Crippen MR) is 131 cm³/mol. The Morgan fingerprint density at radius 1 is 1.18 bits per heavy atom. The van der Waals surface area contributed by atoms with Gasteiger partial charge in [0, 0.05) is 18.2 Å². The monoisotopic (exact) mass is 475 g/mol. The van der Waals surface area contributed by atoms with Gasteiger partial charge in [0.1, 0.15) is 23.4 Å². The zero-order chi connectivity index (χ0) is 25.5. The number of aromatic hydroxyl groups is 1. The minimum Gasteiger partial charge on any atom is -0.508 e. The molecular formula is C26H41N3O5. The van der Waals surface area contributed by atoms with Crippen LogP contribution in [0, 0.1) is 5.92 Å². The second-order valence-electron chi connectivity index (χ2n) is 10.4. The second kappa shape index (κ2) is 12.1. The van der Waals surface area contributed by atoms with Gasteiger partial charge in [0.15, 0.2) is 0 Å². The molecule has 2 atom stereocenters. The topological polar surface area (TPSA) is 108 Å². The number of alkyl carbamates (subject to hydrolysis) is 1. The normalized spacial score (nSPS) is 15.4. The van der Waals surface area contributed by atoms with Gasteiger partial charge in [-0.2, -0.15) is 0 Å². The highest BCUT2D eigenvalue weighted by Gasteiger charge is 2.44. The van der Waals surface area contributed by atoms with Crippen molar-refractivity contribution in [1.82, 2.24) is 15.5 Å². The highest BCUT2D eigenvalue weighted by Crippen LogP contribution is 2.38. The van der Waals surface area contributed by atoms with Crippen molar-refractivity contribution >= 4 is 17.9 Å². The number of hydrogen-bond acceptors (Lipinski definition) is 5. The van der Waals surface area contributed by atoms with Crippen LogP contribution in [-0.4, -0.2) is 52.1 Å². The number of nitrogens with zero attached hydrogens (tertiary/aromatic N) is 1. The Balaban J connectivity index is 2.41. The van der Waals surface area contributed by atoms with Gasteiger partial charge in [-0.1, -0.05) is 45.4 Å². The van der Waals surface area contributed by atoms with Crippen LogP contribution in [0.15, 0.2) is 24.3 Å². The molecule has 8 nitrogen and oxygen atoms in total. The Kier molecular flexibility index (Phi) is 9.77. The molecule has 1 aliphatic rings. The quantitative estimate of drug-likeness (QED) is 0.414. The molecule has 2 rings (SSSR count). The SMILES string of the molecule is CCCCNC(=O)C(c1ccccc1O)N(C(=O)C(CC(C)C)NC(=O)OC(C)(C)C)C1CC1. The lowest BCUT2D eigenvalue weighted by molar-refractivity contribution is -0.143. The lowest BCUT2D eigenvalue weighted by atomic mass is 9.98. The van der Waals surface area contributed by atoms with Crippen LogP contribution in [0.5, 0.6) is 5.75 Å². The van der Waals surface area contributed by atoms with E-state index in [-0.39, 0.29) is 29.5 Å². The maximum atomic E-state index is 13.9. The van der Waals surface area contributed by atoms with Crippen molar-refractivity contribution in [3.8, 4) is 5.75 Å². The minimum absolute atomic E-state index is 0.0443. The van der Waals surface area contributed by atoms with Gasteiger partial charge in [0.05, 0.1) is 0 Å². The van der Waals surface area contributed by atoms with Crippen LogP contribution in [0.25, 0.3) is 0 Å². The average Bonchev–Trinajstić information content (AvgIpc) is 3.55. The van der Waals surface area contributed by atoms with Crippen LogP contribution in [0.4, 0.5) is 4.79 Å². The lowest BCUT2D eigenvalue weighted by Crippen LogP contribution is -2.54. The van der Waals surface area contributed by atoms with Crippen molar-refractivity contribution in [2.24, 2.45) is 5.92 Å². The maximum absolute atomic E-state index is 13.9. The van der Waals surface area contributed by atoms with Gasteiger partial charge >= 0.3 is 6.09 Å². The third-order valence-corrected chi connectivity index (χ3v) is 5.48. The summed E-state index contributed by atoms with van der Waals surface area (Å²) >= 11 is 0. The number of rotatable bonds is 11. The molecule has 1 saturated carbocycles. The summed E-state index contributed by atoms with van der Waals surface area (Å²) in [5.74, 6) is -0.610. The molecule has 0 saturated heterocycles. The van der Waals surface area contributed by atoms with Crippen molar-refractivity contribution in [3.05, 3.63) is 29.8 Å². The standard InChI is InChI=1S/C26H41N3O5/c1-7-8-15-27-23(31)22(19-11-9-10-12-21(19)30)29(18-13-14-18)24(32)20(16-17(2)3)28-25(33)34-26(4,5)6/h9-12,17-18,20,22,30H,7-8,13-16H2,1-6H3,(H,27,31)(H,28,33). The summed E-state index contributed by atoms with van der Waals surface area (Å²) in [4.78, 5) is 41.4.